The number of ketones is 3. The molecule has 1 saturated carbocycles. The molecule has 1 fully saturated rings. The van der Waals surface area contributed by atoms with E-state index in [0.717, 1.165) is 6.07 Å². The van der Waals surface area contributed by atoms with Crippen molar-refractivity contribution in [3.05, 3.63) is 23.3 Å². The first-order chi connectivity index (χ1) is 15.8. The molecule has 0 bridgehead atoms. The number of halogens is 3. The summed E-state index contributed by atoms with van der Waals surface area (Å²) in [6.07, 6.45) is -5.36. The Kier molecular flexibility index (Phi) is 8.62. The third-order valence-electron chi connectivity index (χ3n) is 5.59. The average molecular weight is 506 g/mol. The van der Waals surface area contributed by atoms with E-state index in [1.807, 2.05) is 0 Å². The summed E-state index contributed by atoms with van der Waals surface area (Å²) < 4.78 is 72.9. The van der Waals surface area contributed by atoms with Crippen LogP contribution in [-0.2, 0) is 30.4 Å². The van der Waals surface area contributed by atoms with Crippen molar-refractivity contribution in [2.24, 2.45) is 5.92 Å². The molecule has 188 valence electrons. The number of carbonyl (C=O) groups is 4. The normalized spacial score (nSPS) is 15.4. The van der Waals surface area contributed by atoms with Gasteiger partial charge >= 0.3 is 6.18 Å². The van der Waals surface area contributed by atoms with Crippen LogP contribution in [0.1, 0.15) is 56.0 Å². The van der Waals surface area contributed by atoms with E-state index in [-0.39, 0.29) is 32.4 Å². The predicted molar refractivity (Wildman–Crippen MR) is 114 cm³/mol. The fraction of sp³-hybridized carbons (Fsp3) is 0.545. The second kappa shape index (κ2) is 10.7. The van der Waals surface area contributed by atoms with Gasteiger partial charge in [-0.25, -0.2) is 8.42 Å². The number of nitrogens with zero attached hydrogens (tertiary/aromatic N) is 1. The van der Waals surface area contributed by atoms with Crippen LogP contribution in [0.3, 0.4) is 0 Å². The van der Waals surface area contributed by atoms with Crippen LogP contribution >= 0.6 is 0 Å². The number of benzene rings is 1. The molecule has 0 heterocycles. The number of rotatable bonds is 9. The number of hydrogen-bond acceptors (Lipinski definition) is 7. The number of sulfone groups is 1. The number of amides is 1. The Bertz CT molecular complexity index is 1080. The van der Waals surface area contributed by atoms with Gasteiger partial charge in [0.1, 0.15) is 16.4 Å². The van der Waals surface area contributed by atoms with E-state index in [1.165, 1.54) is 11.8 Å². The highest BCUT2D eigenvalue weighted by atomic mass is 32.2. The molecule has 2 rings (SSSR count). The summed E-state index contributed by atoms with van der Waals surface area (Å²) in [7, 11) is -4.27. The highest BCUT2D eigenvalue weighted by Crippen LogP contribution is 2.43. The van der Waals surface area contributed by atoms with E-state index >= 15 is 0 Å². The zero-order chi connectivity index (χ0) is 25.8. The summed E-state index contributed by atoms with van der Waals surface area (Å²) in [4.78, 5) is 50.1. The second-order valence-corrected chi connectivity index (χ2v) is 9.90. The van der Waals surface area contributed by atoms with Crippen molar-refractivity contribution in [2.45, 2.75) is 51.1 Å². The molecule has 0 saturated heterocycles. The molecule has 1 aliphatic rings. The van der Waals surface area contributed by atoms with Gasteiger partial charge in [0, 0.05) is 31.5 Å². The molecule has 0 unspecified atom stereocenters. The van der Waals surface area contributed by atoms with Crippen molar-refractivity contribution in [2.75, 3.05) is 25.4 Å². The van der Waals surface area contributed by atoms with Gasteiger partial charge in [0.25, 0.3) is 5.91 Å². The minimum absolute atomic E-state index is 0.131. The summed E-state index contributed by atoms with van der Waals surface area (Å²) in [5, 5.41) is 0. The standard InChI is InChI=1S/C22H26F3NO7S/c1-4-26(5-2)17(29)12-33-21-16(34(31,32)6-3)11-10-13(19(21)22(23,24)25)20(30)18-14(27)8-7-9-15(18)28/h10-11,18H,4-9,12H2,1-3H3. The molecule has 0 radical (unpaired) electrons. The number of likely N-dealkylation sites (N-methyl/N-ethyl adjacent to an activating group) is 1. The number of hydrogen-bond donors (Lipinski definition) is 0. The molecule has 12 heteroatoms. The van der Waals surface area contributed by atoms with E-state index < -0.39 is 79.3 Å². The molecule has 8 nitrogen and oxygen atoms in total. The van der Waals surface area contributed by atoms with Gasteiger partial charge < -0.3 is 9.64 Å². The fourth-order valence-electron chi connectivity index (χ4n) is 3.75. The van der Waals surface area contributed by atoms with E-state index in [1.54, 1.807) is 13.8 Å². The second-order valence-electron chi connectivity index (χ2n) is 7.65. The van der Waals surface area contributed by atoms with Gasteiger partial charge in [0.2, 0.25) is 0 Å². The van der Waals surface area contributed by atoms with Crippen LogP contribution in [0.4, 0.5) is 13.2 Å². The van der Waals surface area contributed by atoms with Gasteiger partial charge in [-0.3, -0.25) is 19.2 Å². The maximum atomic E-state index is 14.2. The van der Waals surface area contributed by atoms with Gasteiger partial charge in [-0.15, -0.1) is 0 Å². The van der Waals surface area contributed by atoms with E-state index in [9.17, 15) is 40.8 Å². The Hall–Kier alpha value is -2.76. The van der Waals surface area contributed by atoms with Gasteiger partial charge in [-0.2, -0.15) is 13.2 Å². The largest absolute Gasteiger partial charge is 0.482 e. The number of alkyl halides is 3. The number of Topliss-reactive ketones (excluding diaryl/α,β-unsaturated/α-hetero) is 3. The minimum Gasteiger partial charge on any atom is -0.482 e. The van der Waals surface area contributed by atoms with Gasteiger partial charge in [-0.1, -0.05) is 6.92 Å². The summed E-state index contributed by atoms with van der Waals surface area (Å²) in [5.41, 5.74) is -2.79. The SMILES string of the molecule is CCN(CC)C(=O)COc1c(S(=O)(=O)CC)ccc(C(=O)C2C(=O)CCCC2=O)c1C(F)(F)F. The lowest BCUT2D eigenvalue weighted by Crippen LogP contribution is -2.37. The molecule has 1 aliphatic carbocycles. The Morgan fingerprint density at radius 2 is 1.62 bits per heavy atom. The highest BCUT2D eigenvalue weighted by Gasteiger charge is 2.45. The molecule has 1 aromatic carbocycles. The van der Waals surface area contributed by atoms with Crippen molar-refractivity contribution < 1.29 is 45.5 Å². The lowest BCUT2D eigenvalue weighted by Gasteiger charge is -2.24. The summed E-state index contributed by atoms with van der Waals surface area (Å²) in [6.45, 7) is 4.09. The number of carbonyl (C=O) groups excluding carboxylic acids is 4. The van der Waals surface area contributed by atoms with Crippen molar-refractivity contribution in [3.8, 4) is 5.75 Å². The van der Waals surface area contributed by atoms with E-state index in [0.29, 0.717) is 6.07 Å². The monoisotopic (exact) mass is 505 g/mol. The van der Waals surface area contributed by atoms with Crippen LogP contribution in [0, 0.1) is 5.92 Å². The first kappa shape index (κ1) is 27.5. The van der Waals surface area contributed by atoms with Crippen LogP contribution in [0.2, 0.25) is 0 Å². The van der Waals surface area contributed by atoms with Crippen LogP contribution in [0.25, 0.3) is 0 Å². The topological polar surface area (TPSA) is 115 Å². The molecule has 0 N–H and O–H groups in total. The van der Waals surface area contributed by atoms with Crippen molar-refractivity contribution in [1.82, 2.24) is 4.90 Å². The molecular formula is C22H26F3NO7S. The summed E-state index contributed by atoms with van der Waals surface area (Å²) >= 11 is 0. The van der Waals surface area contributed by atoms with Gasteiger partial charge in [0.15, 0.2) is 39.5 Å². The first-order valence-electron chi connectivity index (χ1n) is 10.8. The maximum absolute atomic E-state index is 14.2. The smallest absolute Gasteiger partial charge is 0.420 e. The van der Waals surface area contributed by atoms with Crippen molar-refractivity contribution in [3.63, 3.8) is 0 Å². The van der Waals surface area contributed by atoms with E-state index in [4.69, 9.17) is 4.74 Å². The Morgan fingerprint density at radius 1 is 1.06 bits per heavy atom. The van der Waals surface area contributed by atoms with Crippen molar-refractivity contribution >= 4 is 33.1 Å². The van der Waals surface area contributed by atoms with Crippen LogP contribution in [-0.4, -0.2) is 62.0 Å². The average Bonchev–Trinajstić information content (AvgIpc) is 2.76. The molecular weight excluding hydrogens is 479 g/mol. The molecule has 1 aromatic rings. The quantitative estimate of drug-likeness (QED) is 0.374. The Labute approximate surface area is 195 Å². The zero-order valence-electron chi connectivity index (χ0n) is 19.0. The molecule has 1 amide bonds. The Morgan fingerprint density at radius 3 is 2.09 bits per heavy atom. The Balaban J connectivity index is 2.73. The van der Waals surface area contributed by atoms with Gasteiger partial charge in [0.05, 0.1) is 5.75 Å². The molecule has 0 atom stereocenters. The third-order valence-corrected chi connectivity index (χ3v) is 7.35. The molecule has 0 spiro atoms. The lowest BCUT2D eigenvalue weighted by molar-refractivity contribution is -0.141. The van der Waals surface area contributed by atoms with Crippen LogP contribution in [0.15, 0.2) is 17.0 Å². The number of ether oxygens (including phenoxy) is 1. The molecule has 0 aromatic heterocycles. The molecule has 0 aliphatic heterocycles. The third kappa shape index (κ3) is 5.65. The summed E-state index contributed by atoms with van der Waals surface area (Å²) in [6, 6.07) is 1.41. The van der Waals surface area contributed by atoms with Crippen LogP contribution in [0.5, 0.6) is 5.75 Å². The fourth-order valence-corrected chi connectivity index (χ4v) is 4.78. The predicted octanol–water partition coefficient (Wildman–Crippen LogP) is 2.87. The van der Waals surface area contributed by atoms with Crippen LogP contribution < -0.4 is 4.74 Å². The zero-order valence-corrected chi connectivity index (χ0v) is 19.8. The van der Waals surface area contributed by atoms with Crippen molar-refractivity contribution in [1.29, 1.82) is 0 Å². The summed E-state index contributed by atoms with van der Waals surface area (Å²) in [5.74, 6) is -7.31. The lowest BCUT2D eigenvalue weighted by atomic mass is 9.80. The van der Waals surface area contributed by atoms with Gasteiger partial charge in [-0.05, 0) is 32.4 Å². The van der Waals surface area contributed by atoms with E-state index in [2.05, 4.69) is 0 Å². The first-order valence-corrected chi connectivity index (χ1v) is 12.4. The highest BCUT2D eigenvalue weighted by molar-refractivity contribution is 7.91. The molecule has 34 heavy (non-hydrogen) atoms. The minimum atomic E-state index is -5.29. The maximum Gasteiger partial charge on any atom is 0.420 e.